The van der Waals surface area contributed by atoms with Gasteiger partial charge < -0.3 is 29.2 Å². The van der Waals surface area contributed by atoms with Crippen LogP contribution in [-0.2, 0) is 0 Å². The van der Waals surface area contributed by atoms with Gasteiger partial charge in [-0.25, -0.2) is 4.79 Å². The highest BCUT2D eigenvalue weighted by Crippen LogP contribution is 2.33. The molecule has 0 spiro atoms. The van der Waals surface area contributed by atoms with E-state index in [9.17, 15) is 15.0 Å². The molecule has 0 fully saturated rings. The van der Waals surface area contributed by atoms with Crippen LogP contribution in [0.3, 0.4) is 0 Å². The summed E-state index contributed by atoms with van der Waals surface area (Å²) in [4.78, 5) is 12.2. The third-order valence-electron chi connectivity index (χ3n) is 4.49. The maximum absolute atomic E-state index is 12.2. The first-order valence-electron chi connectivity index (χ1n) is 9.95. The summed E-state index contributed by atoms with van der Waals surface area (Å²) in [6.07, 6.45) is 5.26. The van der Waals surface area contributed by atoms with Crippen molar-refractivity contribution in [1.29, 1.82) is 0 Å². The SMILES string of the molecule is CC(C)=CCC/C(C)=C/COc1c(O)c2cc(OCCC(O)CO)ccc2oc1=O. The molecule has 0 radical (unpaired) electrons. The third-order valence-corrected chi connectivity index (χ3v) is 4.49. The molecule has 2 rings (SSSR count). The van der Waals surface area contributed by atoms with Crippen molar-refractivity contribution in [3.63, 3.8) is 0 Å². The maximum atomic E-state index is 12.2. The molecule has 3 N–H and O–H groups in total. The topological polar surface area (TPSA) is 109 Å². The van der Waals surface area contributed by atoms with Crippen molar-refractivity contribution in [2.75, 3.05) is 19.8 Å². The van der Waals surface area contributed by atoms with Crippen molar-refractivity contribution in [2.24, 2.45) is 0 Å². The van der Waals surface area contributed by atoms with Crippen LogP contribution in [0, 0.1) is 0 Å². The first-order chi connectivity index (χ1) is 14.3. The monoisotopic (exact) mass is 418 g/mol. The average Bonchev–Trinajstić information content (AvgIpc) is 2.70. The number of rotatable bonds is 11. The molecule has 7 heteroatoms. The Labute approximate surface area is 175 Å². The molecule has 1 unspecified atom stereocenters. The largest absolute Gasteiger partial charge is 0.504 e. The molecule has 0 amide bonds. The predicted molar refractivity (Wildman–Crippen MR) is 115 cm³/mol. The lowest BCUT2D eigenvalue weighted by atomic mass is 10.1. The Bertz CT molecular complexity index is 952. The fourth-order valence-corrected chi connectivity index (χ4v) is 2.73. The molecule has 164 valence electrons. The minimum atomic E-state index is -0.851. The van der Waals surface area contributed by atoms with Crippen LogP contribution in [0.2, 0.25) is 0 Å². The lowest BCUT2D eigenvalue weighted by molar-refractivity contribution is 0.0754. The van der Waals surface area contributed by atoms with Crippen LogP contribution in [0.15, 0.2) is 50.7 Å². The quantitative estimate of drug-likeness (QED) is 0.377. The minimum Gasteiger partial charge on any atom is -0.504 e. The molecule has 0 saturated carbocycles. The number of aliphatic hydroxyl groups excluding tert-OH is 2. The van der Waals surface area contributed by atoms with Gasteiger partial charge in [-0.3, -0.25) is 0 Å². The standard InChI is InChI=1S/C23H30O7/c1-15(2)5-4-6-16(3)9-11-29-22-21(26)19-13-18(28-12-10-17(25)14-24)7-8-20(19)30-23(22)27/h5,7-9,13,17,24-26H,4,6,10-12,14H2,1-3H3/b16-9+. The van der Waals surface area contributed by atoms with E-state index in [-0.39, 0.29) is 48.7 Å². The fraction of sp³-hybridized carbons (Fsp3) is 0.435. The van der Waals surface area contributed by atoms with Crippen molar-refractivity contribution >= 4 is 11.0 Å². The lowest BCUT2D eigenvalue weighted by Gasteiger charge is -2.11. The summed E-state index contributed by atoms with van der Waals surface area (Å²) in [6, 6.07) is 4.65. The zero-order valence-corrected chi connectivity index (χ0v) is 17.7. The molecule has 1 aromatic carbocycles. The summed E-state index contributed by atoms with van der Waals surface area (Å²) < 4.78 is 16.3. The minimum absolute atomic E-state index is 0.139. The van der Waals surface area contributed by atoms with Crippen LogP contribution in [-0.4, -0.2) is 41.2 Å². The van der Waals surface area contributed by atoms with Gasteiger partial charge in [-0.2, -0.15) is 0 Å². The molecule has 0 aliphatic carbocycles. The Balaban J connectivity index is 2.10. The van der Waals surface area contributed by atoms with E-state index in [1.165, 1.54) is 17.7 Å². The fourth-order valence-electron chi connectivity index (χ4n) is 2.73. The number of hydrogen-bond acceptors (Lipinski definition) is 7. The summed E-state index contributed by atoms with van der Waals surface area (Å²) >= 11 is 0. The van der Waals surface area contributed by atoms with Crippen molar-refractivity contribution in [3.05, 3.63) is 51.9 Å². The Hall–Kier alpha value is -2.77. The summed E-state index contributed by atoms with van der Waals surface area (Å²) in [5.41, 5.74) is 1.85. The average molecular weight is 418 g/mol. The molecule has 0 saturated heterocycles. The lowest BCUT2D eigenvalue weighted by Crippen LogP contribution is -2.15. The molecule has 0 aliphatic heterocycles. The zero-order chi connectivity index (χ0) is 22.1. The van der Waals surface area contributed by atoms with Crippen LogP contribution in [0.25, 0.3) is 11.0 Å². The van der Waals surface area contributed by atoms with Gasteiger partial charge in [0.1, 0.15) is 17.9 Å². The highest BCUT2D eigenvalue weighted by atomic mass is 16.5. The van der Waals surface area contributed by atoms with Crippen LogP contribution in [0.4, 0.5) is 0 Å². The summed E-state index contributed by atoms with van der Waals surface area (Å²) in [5, 5.41) is 29.0. The van der Waals surface area contributed by atoms with E-state index < -0.39 is 11.7 Å². The highest BCUT2D eigenvalue weighted by molar-refractivity contribution is 5.86. The number of fused-ring (bicyclic) bond motifs is 1. The van der Waals surface area contributed by atoms with Gasteiger partial charge in [-0.1, -0.05) is 17.2 Å². The van der Waals surface area contributed by atoms with E-state index in [0.29, 0.717) is 5.75 Å². The smallest absolute Gasteiger partial charge is 0.383 e. The Morgan fingerprint density at radius 2 is 1.97 bits per heavy atom. The van der Waals surface area contributed by atoms with Gasteiger partial charge in [0.25, 0.3) is 0 Å². The molecule has 30 heavy (non-hydrogen) atoms. The third kappa shape index (κ3) is 6.93. The Morgan fingerprint density at radius 3 is 2.67 bits per heavy atom. The van der Waals surface area contributed by atoms with Crippen molar-refractivity contribution in [1.82, 2.24) is 0 Å². The first-order valence-corrected chi connectivity index (χ1v) is 9.95. The van der Waals surface area contributed by atoms with Crippen LogP contribution in [0.1, 0.15) is 40.0 Å². The van der Waals surface area contributed by atoms with E-state index in [1.807, 2.05) is 13.0 Å². The number of benzene rings is 1. The number of aliphatic hydroxyl groups is 2. The van der Waals surface area contributed by atoms with Gasteiger partial charge in [0.05, 0.1) is 24.7 Å². The van der Waals surface area contributed by atoms with E-state index in [4.69, 9.17) is 19.0 Å². The van der Waals surface area contributed by atoms with E-state index in [2.05, 4.69) is 19.9 Å². The second kappa shape index (κ2) is 11.4. The van der Waals surface area contributed by atoms with Crippen LogP contribution < -0.4 is 15.1 Å². The van der Waals surface area contributed by atoms with Crippen LogP contribution in [0.5, 0.6) is 17.2 Å². The molecule has 0 bridgehead atoms. The van der Waals surface area contributed by atoms with Gasteiger partial charge in [0.15, 0.2) is 5.75 Å². The van der Waals surface area contributed by atoms with E-state index in [1.54, 1.807) is 6.07 Å². The molecule has 1 aromatic heterocycles. The molecule has 7 nitrogen and oxygen atoms in total. The van der Waals surface area contributed by atoms with E-state index in [0.717, 1.165) is 18.4 Å². The normalized spacial score (nSPS) is 12.6. The van der Waals surface area contributed by atoms with Gasteiger partial charge in [-0.15, -0.1) is 0 Å². The van der Waals surface area contributed by atoms with Crippen molar-refractivity contribution in [3.8, 4) is 17.2 Å². The van der Waals surface area contributed by atoms with Crippen molar-refractivity contribution in [2.45, 2.75) is 46.1 Å². The Morgan fingerprint density at radius 1 is 1.20 bits per heavy atom. The summed E-state index contributed by atoms with van der Waals surface area (Å²) in [7, 11) is 0. The molecule has 2 aromatic rings. The predicted octanol–water partition coefficient (Wildman–Crippen LogP) is 3.69. The van der Waals surface area contributed by atoms with E-state index >= 15 is 0 Å². The van der Waals surface area contributed by atoms with Gasteiger partial charge in [-0.05, 0) is 57.9 Å². The van der Waals surface area contributed by atoms with Crippen LogP contribution >= 0.6 is 0 Å². The summed E-state index contributed by atoms with van der Waals surface area (Å²) in [5.74, 6) is -0.126. The zero-order valence-electron chi connectivity index (χ0n) is 17.7. The van der Waals surface area contributed by atoms with Crippen molar-refractivity contribution < 1.29 is 29.2 Å². The highest BCUT2D eigenvalue weighted by Gasteiger charge is 2.16. The molecular weight excluding hydrogens is 388 g/mol. The number of allylic oxidation sites excluding steroid dienone is 3. The van der Waals surface area contributed by atoms with Gasteiger partial charge in [0, 0.05) is 6.42 Å². The maximum Gasteiger partial charge on any atom is 0.383 e. The molecule has 0 aliphatic rings. The van der Waals surface area contributed by atoms with Gasteiger partial charge >= 0.3 is 5.63 Å². The molecular formula is C23H30O7. The first kappa shape index (κ1) is 23.5. The number of aromatic hydroxyl groups is 1. The Kier molecular flexibility index (Phi) is 8.95. The summed E-state index contributed by atoms with van der Waals surface area (Å²) in [6.45, 7) is 6.08. The number of ether oxygens (including phenoxy) is 2. The van der Waals surface area contributed by atoms with Gasteiger partial charge in [0.2, 0.25) is 5.75 Å². The number of hydrogen-bond donors (Lipinski definition) is 3. The second-order valence-electron chi connectivity index (χ2n) is 7.38. The molecule has 1 heterocycles. The molecule has 1 atom stereocenters. The second-order valence-corrected chi connectivity index (χ2v) is 7.38.